The van der Waals surface area contributed by atoms with E-state index < -0.39 is 0 Å². The second-order valence-electron chi connectivity index (χ2n) is 6.02. The maximum absolute atomic E-state index is 12.0. The summed E-state index contributed by atoms with van der Waals surface area (Å²) in [6.07, 6.45) is 0.567. The summed E-state index contributed by atoms with van der Waals surface area (Å²) in [7, 11) is 1.77. The number of hydrogen-bond acceptors (Lipinski definition) is 4. The van der Waals surface area contributed by atoms with E-state index in [1.165, 1.54) is 0 Å². The first-order valence-corrected chi connectivity index (χ1v) is 7.45. The number of aliphatic hydroxyl groups excluding tert-OH is 1. The molecule has 5 heteroatoms. The molecule has 1 N–H and O–H groups in total. The molecule has 0 saturated carbocycles. The lowest BCUT2D eigenvalue weighted by molar-refractivity contribution is -0.129. The molecule has 1 amide bonds. The van der Waals surface area contributed by atoms with Crippen molar-refractivity contribution in [2.45, 2.75) is 52.1 Å². The van der Waals surface area contributed by atoms with Gasteiger partial charge in [0.15, 0.2) is 0 Å². The molecule has 0 aliphatic rings. The Hall–Kier alpha value is -0.940. The van der Waals surface area contributed by atoms with Crippen LogP contribution in [0.4, 0.5) is 0 Å². The van der Waals surface area contributed by atoms with Crippen LogP contribution in [0.2, 0.25) is 0 Å². The Labute approximate surface area is 119 Å². The minimum atomic E-state index is -0.373. The molecule has 1 heterocycles. The zero-order valence-corrected chi connectivity index (χ0v) is 13.3. The molecule has 0 aromatic carbocycles. The summed E-state index contributed by atoms with van der Waals surface area (Å²) >= 11 is 1.61. The van der Waals surface area contributed by atoms with Gasteiger partial charge in [0, 0.05) is 24.4 Å². The van der Waals surface area contributed by atoms with Crippen molar-refractivity contribution in [2.24, 2.45) is 0 Å². The Balaban J connectivity index is 2.55. The van der Waals surface area contributed by atoms with Crippen LogP contribution in [0.25, 0.3) is 0 Å². The van der Waals surface area contributed by atoms with Crippen LogP contribution >= 0.6 is 11.3 Å². The molecule has 1 unspecified atom stereocenters. The second-order valence-corrected chi connectivity index (χ2v) is 6.88. The summed E-state index contributed by atoms with van der Waals surface area (Å²) in [5, 5.41) is 12.2. The van der Waals surface area contributed by atoms with Gasteiger partial charge in [-0.1, -0.05) is 20.8 Å². The van der Waals surface area contributed by atoms with Crippen LogP contribution < -0.4 is 0 Å². The molecule has 1 atom stereocenters. The van der Waals surface area contributed by atoms with Gasteiger partial charge in [-0.2, -0.15) is 0 Å². The Morgan fingerprint density at radius 3 is 2.63 bits per heavy atom. The highest BCUT2D eigenvalue weighted by Crippen LogP contribution is 2.25. The van der Waals surface area contributed by atoms with Gasteiger partial charge in [0.1, 0.15) is 0 Å². The summed E-state index contributed by atoms with van der Waals surface area (Å²) in [4.78, 5) is 18.2. The fourth-order valence-electron chi connectivity index (χ4n) is 1.53. The van der Waals surface area contributed by atoms with Crippen molar-refractivity contribution in [3.63, 3.8) is 0 Å². The zero-order valence-electron chi connectivity index (χ0n) is 12.4. The van der Waals surface area contributed by atoms with Crippen molar-refractivity contribution in [3.05, 3.63) is 16.1 Å². The molecule has 0 fully saturated rings. The van der Waals surface area contributed by atoms with Crippen molar-refractivity contribution < 1.29 is 9.90 Å². The van der Waals surface area contributed by atoms with E-state index in [9.17, 15) is 9.90 Å². The number of thiazole rings is 1. The van der Waals surface area contributed by atoms with Crippen LogP contribution in [0, 0.1) is 0 Å². The Morgan fingerprint density at radius 1 is 1.53 bits per heavy atom. The molecular formula is C14H24N2O2S. The van der Waals surface area contributed by atoms with Gasteiger partial charge in [-0.05, 0) is 13.3 Å². The maximum Gasteiger partial charge on any atom is 0.228 e. The molecule has 1 aromatic rings. The minimum absolute atomic E-state index is 0.0319. The molecule has 0 aliphatic carbocycles. The third kappa shape index (κ3) is 5.28. The van der Waals surface area contributed by atoms with Crippen molar-refractivity contribution in [1.82, 2.24) is 9.88 Å². The van der Waals surface area contributed by atoms with E-state index in [0.29, 0.717) is 19.4 Å². The normalized spacial score (nSPS) is 13.4. The zero-order chi connectivity index (χ0) is 14.6. The monoisotopic (exact) mass is 284 g/mol. The highest BCUT2D eigenvalue weighted by molar-refractivity contribution is 7.09. The number of aromatic nitrogens is 1. The highest BCUT2D eigenvalue weighted by atomic mass is 32.1. The molecule has 0 bridgehead atoms. The fraction of sp³-hybridized carbons (Fsp3) is 0.714. The van der Waals surface area contributed by atoms with Gasteiger partial charge in [0.25, 0.3) is 0 Å². The first kappa shape index (κ1) is 16.1. The number of likely N-dealkylation sites (N-methyl/N-ethyl adjacent to an activating group) is 1. The molecule has 0 aliphatic heterocycles. The van der Waals surface area contributed by atoms with E-state index in [1.807, 2.05) is 5.38 Å². The Morgan fingerprint density at radius 2 is 2.16 bits per heavy atom. The third-order valence-electron chi connectivity index (χ3n) is 2.83. The Kier molecular flexibility index (Phi) is 5.50. The number of hydrogen-bond donors (Lipinski definition) is 1. The van der Waals surface area contributed by atoms with Crippen LogP contribution in [0.1, 0.15) is 44.8 Å². The van der Waals surface area contributed by atoms with Gasteiger partial charge in [0.05, 0.1) is 23.2 Å². The average Bonchev–Trinajstić information content (AvgIpc) is 2.73. The highest BCUT2D eigenvalue weighted by Gasteiger charge is 2.19. The van der Waals surface area contributed by atoms with Crippen molar-refractivity contribution in [3.8, 4) is 0 Å². The van der Waals surface area contributed by atoms with Gasteiger partial charge in [-0.25, -0.2) is 4.98 Å². The number of carbonyl (C=O) groups is 1. The molecular weight excluding hydrogens is 260 g/mol. The van der Waals surface area contributed by atoms with Gasteiger partial charge < -0.3 is 10.0 Å². The SMILES string of the molecule is CC(O)CCN(C)C(=O)Cc1csc(C(C)(C)C)n1. The largest absolute Gasteiger partial charge is 0.393 e. The molecule has 0 saturated heterocycles. The van der Waals surface area contributed by atoms with Crippen molar-refractivity contribution in [2.75, 3.05) is 13.6 Å². The predicted molar refractivity (Wildman–Crippen MR) is 78.5 cm³/mol. The van der Waals surface area contributed by atoms with E-state index >= 15 is 0 Å². The van der Waals surface area contributed by atoms with E-state index in [1.54, 1.807) is 30.2 Å². The second kappa shape index (κ2) is 6.48. The third-order valence-corrected chi connectivity index (χ3v) is 4.15. The first-order chi connectivity index (χ1) is 8.70. The molecule has 108 valence electrons. The summed E-state index contributed by atoms with van der Waals surface area (Å²) in [5.41, 5.74) is 0.869. The number of aliphatic hydroxyl groups is 1. The van der Waals surface area contributed by atoms with Gasteiger partial charge >= 0.3 is 0 Å². The van der Waals surface area contributed by atoms with Gasteiger partial charge in [0.2, 0.25) is 5.91 Å². The first-order valence-electron chi connectivity index (χ1n) is 6.57. The lowest BCUT2D eigenvalue weighted by Crippen LogP contribution is -2.30. The number of rotatable bonds is 5. The molecule has 0 radical (unpaired) electrons. The van der Waals surface area contributed by atoms with Crippen LogP contribution in [0.5, 0.6) is 0 Å². The summed E-state index contributed by atoms with van der Waals surface area (Å²) < 4.78 is 0. The van der Waals surface area contributed by atoms with Crippen LogP contribution in [-0.2, 0) is 16.6 Å². The topological polar surface area (TPSA) is 53.4 Å². The van der Waals surface area contributed by atoms with E-state index in [-0.39, 0.29) is 17.4 Å². The fourth-order valence-corrected chi connectivity index (χ4v) is 2.43. The molecule has 0 spiro atoms. The summed E-state index contributed by atoms with van der Waals surface area (Å²) in [5.74, 6) is 0.0476. The quantitative estimate of drug-likeness (QED) is 0.902. The molecule has 4 nitrogen and oxygen atoms in total. The lowest BCUT2D eigenvalue weighted by atomic mass is 9.98. The van der Waals surface area contributed by atoms with E-state index in [4.69, 9.17) is 0 Å². The van der Waals surface area contributed by atoms with Crippen molar-refractivity contribution >= 4 is 17.2 Å². The molecule has 1 aromatic heterocycles. The van der Waals surface area contributed by atoms with Crippen LogP contribution in [0.3, 0.4) is 0 Å². The van der Waals surface area contributed by atoms with Gasteiger partial charge in [-0.3, -0.25) is 4.79 Å². The average molecular weight is 284 g/mol. The predicted octanol–water partition coefficient (Wildman–Crippen LogP) is 2.21. The van der Waals surface area contributed by atoms with Crippen LogP contribution in [-0.4, -0.2) is 40.6 Å². The minimum Gasteiger partial charge on any atom is -0.393 e. The molecule has 19 heavy (non-hydrogen) atoms. The number of amides is 1. The summed E-state index contributed by atoms with van der Waals surface area (Å²) in [6.45, 7) is 8.66. The van der Waals surface area contributed by atoms with Crippen molar-refractivity contribution in [1.29, 1.82) is 0 Å². The summed E-state index contributed by atoms with van der Waals surface area (Å²) in [6, 6.07) is 0. The standard InChI is InChI=1S/C14H24N2O2S/c1-10(17)6-7-16(5)12(18)8-11-9-19-13(15-11)14(2,3)4/h9-10,17H,6-8H2,1-5H3. The van der Waals surface area contributed by atoms with E-state index in [2.05, 4.69) is 25.8 Å². The van der Waals surface area contributed by atoms with E-state index in [0.717, 1.165) is 10.7 Å². The molecule has 1 rings (SSSR count). The Bertz CT molecular complexity index is 421. The van der Waals surface area contributed by atoms with Gasteiger partial charge in [-0.15, -0.1) is 11.3 Å². The smallest absolute Gasteiger partial charge is 0.228 e. The number of carbonyl (C=O) groups excluding carboxylic acids is 1. The number of nitrogens with zero attached hydrogens (tertiary/aromatic N) is 2. The lowest BCUT2D eigenvalue weighted by Gasteiger charge is -2.17. The van der Waals surface area contributed by atoms with Crippen LogP contribution in [0.15, 0.2) is 5.38 Å². The maximum atomic E-state index is 12.0.